The molecule has 0 atom stereocenters. The predicted molar refractivity (Wildman–Crippen MR) is 92.1 cm³/mol. The molecule has 0 saturated carbocycles. The molecule has 0 amide bonds. The molecule has 0 N–H and O–H groups in total. The van der Waals surface area contributed by atoms with Gasteiger partial charge in [0.1, 0.15) is 5.84 Å². The normalized spacial score (nSPS) is 16.1. The molecule has 1 aliphatic heterocycles. The Morgan fingerprint density at radius 3 is 2.24 bits per heavy atom. The number of aliphatic imine (C=N–C) groups is 2. The minimum absolute atomic E-state index is 0.477. The zero-order valence-corrected chi connectivity index (χ0v) is 13.9. The third-order valence-corrected chi connectivity index (χ3v) is 3.94. The molecule has 1 aromatic rings. The number of nitrogens with zero attached hydrogens (tertiary/aromatic N) is 3. The largest absolute Gasteiger partial charge is 0.321 e. The average Bonchev–Trinajstić information content (AvgIpc) is 2.47. The lowest BCUT2D eigenvalue weighted by atomic mass is 9.93. The van der Waals surface area contributed by atoms with Crippen molar-refractivity contribution in [1.29, 1.82) is 0 Å². The molecule has 3 heteroatoms. The van der Waals surface area contributed by atoms with E-state index < -0.39 is 0 Å². The molecule has 1 aromatic carbocycles. The molecule has 3 nitrogen and oxygen atoms in total. The Kier molecular flexibility index (Phi) is 5.16. The monoisotopic (exact) mass is 285 g/mol. The van der Waals surface area contributed by atoms with Gasteiger partial charge in [0.15, 0.2) is 0 Å². The molecule has 0 bridgehead atoms. The van der Waals surface area contributed by atoms with E-state index >= 15 is 0 Å². The summed E-state index contributed by atoms with van der Waals surface area (Å²) in [5.74, 6) is 1.99. The van der Waals surface area contributed by atoms with Crippen LogP contribution in [-0.2, 0) is 0 Å². The molecule has 114 valence electrons. The first-order chi connectivity index (χ1) is 10.0. The van der Waals surface area contributed by atoms with E-state index in [2.05, 4.69) is 62.7 Å². The highest BCUT2D eigenvalue weighted by Crippen LogP contribution is 2.34. The minimum atomic E-state index is 0.477. The SMILES string of the molecule is CC(=Nc1c(C(C)C)cccc1C(C)C)N1C=NCCC1. The van der Waals surface area contributed by atoms with Gasteiger partial charge in [0.25, 0.3) is 0 Å². The number of benzene rings is 1. The molecule has 0 aromatic heterocycles. The lowest BCUT2D eigenvalue weighted by Crippen LogP contribution is -2.31. The van der Waals surface area contributed by atoms with Crippen LogP contribution in [0.4, 0.5) is 5.69 Å². The Labute approximate surface area is 128 Å². The third kappa shape index (κ3) is 3.72. The maximum absolute atomic E-state index is 4.98. The fourth-order valence-electron chi connectivity index (χ4n) is 2.66. The number of hydrogen-bond acceptors (Lipinski definition) is 2. The van der Waals surface area contributed by atoms with Crippen LogP contribution in [0, 0.1) is 0 Å². The topological polar surface area (TPSA) is 28.0 Å². The van der Waals surface area contributed by atoms with E-state index in [1.54, 1.807) is 0 Å². The van der Waals surface area contributed by atoms with E-state index in [4.69, 9.17) is 4.99 Å². The van der Waals surface area contributed by atoms with Crippen LogP contribution in [0.25, 0.3) is 0 Å². The molecule has 0 fully saturated rings. The van der Waals surface area contributed by atoms with E-state index in [1.807, 2.05) is 6.34 Å². The van der Waals surface area contributed by atoms with E-state index in [0.29, 0.717) is 11.8 Å². The molecular formula is C18H27N3. The van der Waals surface area contributed by atoms with Gasteiger partial charge in [-0.05, 0) is 36.3 Å². The van der Waals surface area contributed by atoms with Crippen LogP contribution in [0.1, 0.15) is 64.0 Å². The van der Waals surface area contributed by atoms with Gasteiger partial charge in [-0.15, -0.1) is 0 Å². The molecular weight excluding hydrogens is 258 g/mol. The van der Waals surface area contributed by atoms with E-state index in [-0.39, 0.29) is 0 Å². The molecule has 21 heavy (non-hydrogen) atoms. The molecule has 1 aliphatic rings. The smallest absolute Gasteiger partial charge is 0.107 e. The third-order valence-electron chi connectivity index (χ3n) is 3.94. The van der Waals surface area contributed by atoms with Crippen molar-refractivity contribution in [2.75, 3.05) is 13.1 Å². The Bertz CT molecular complexity index is 515. The quantitative estimate of drug-likeness (QED) is 0.583. The van der Waals surface area contributed by atoms with Gasteiger partial charge >= 0.3 is 0 Å². The molecule has 0 spiro atoms. The van der Waals surface area contributed by atoms with Crippen LogP contribution in [0.5, 0.6) is 0 Å². The van der Waals surface area contributed by atoms with Crippen molar-refractivity contribution < 1.29 is 0 Å². The average molecular weight is 285 g/mol. The maximum atomic E-state index is 4.98. The summed E-state index contributed by atoms with van der Waals surface area (Å²) in [4.78, 5) is 11.5. The summed E-state index contributed by atoms with van der Waals surface area (Å²) in [6.07, 6.45) is 3.03. The van der Waals surface area contributed by atoms with Gasteiger partial charge < -0.3 is 4.90 Å². The van der Waals surface area contributed by atoms with Gasteiger partial charge in [0, 0.05) is 13.1 Å². The van der Waals surface area contributed by atoms with Gasteiger partial charge in [-0.1, -0.05) is 45.9 Å². The second kappa shape index (κ2) is 6.88. The van der Waals surface area contributed by atoms with Gasteiger partial charge in [0.05, 0.1) is 12.0 Å². The molecule has 2 rings (SSSR count). The summed E-state index contributed by atoms with van der Waals surface area (Å²) < 4.78 is 0. The Hall–Kier alpha value is -1.64. The van der Waals surface area contributed by atoms with Crippen LogP contribution in [-0.4, -0.2) is 30.2 Å². The fraction of sp³-hybridized carbons (Fsp3) is 0.556. The highest BCUT2D eigenvalue weighted by atomic mass is 15.2. The van der Waals surface area contributed by atoms with Crippen LogP contribution in [0.15, 0.2) is 28.2 Å². The van der Waals surface area contributed by atoms with E-state index in [0.717, 1.165) is 31.0 Å². The second-order valence-corrected chi connectivity index (χ2v) is 6.32. The summed E-state index contributed by atoms with van der Waals surface area (Å²) in [7, 11) is 0. The summed E-state index contributed by atoms with van der Waals surface area (Å²) in [6, 6.07) is 6.56. The highest BCUT2D eigenvalue weighted by Gasteiger charge is 2.15. The number of amidine groups is 1. The summed E-state index contributed by atoms with van der Waals surface area (Å²) in [5, 5.41) is 0. The standard InChI is InChI=1S/C18H27N3/c1-13(2)16-8-6-9-17(14(3)4)18(16)20-15(5)21-11-7-10-19-12-21/h6,8-9,12-14H,7,10-11H2,1-5H3. The Balaban J connectivity index is 2.45. The van der Waals surface area contributed by atoms with E-state index in [9.17, 15) is 0 Å². The Morgan fingerprint density at radius 1 is 1.14 bits per heavy atom. The first kappa shape index (κ1) is 15.7. The lowest BCUT2D eigenvalue weighted by Gasteiger charge is -2.23. The summed E-state index contributed by atoms with van der Waals surface area (Å²) >= 11 is 0. The van der Waals surface area contributed by atoms with Crippen LogP contribution < -0.4 is 0 Å². The van der Waals surface area contributed by atoms with Crippen molar-refractivity contribution >= 4 is 17.9 Å². The van der Waals surface area contributed by atoms with Crippen molar-refractivity contribution in [3.63, 3.8) is 0 Å². The fourth-order valence-corrected chi connectivity index (χ4v) is 2.66. The van der Waals surface area contributed by atoms with Gasteiger partial charge in [0.2, 0.25) is 0 Å². The number of para-hydroxylation sites is 1. The van der Waals surface area contributed by atoms with Crippen molar-refractivity contribution in [1.82, 2.24) is 4.90 Å². The number of hydrogen-bond donors (Lipinski definition) is 0. The molecule has 0 saturated heterocycles. The molecule has 0 aliphatic carbocycles. The predicted octanol–water partition coefficient (Wildman–Crippen LogP) is 4.72. The lowest BCUT2D eigenvalue weighted by molar-refractivity contribution is 0.561. The molecule has 0 unspecified atom stereocenters. The van der Waals surface area contributed by atoms with Crippen molar-refractivity contribution in [3.8, 4) is 0 Å². The zero-order valence-electron chi connectivity index (χ0n) is 13.9. The van der Waals surface area contributed by atoms with Crippen LogP contribution in [0.2, 0.25) is 0 Å². The van der Waals surface area contributed by atoms with Gasteiger partial charge in [-0.25, -0.2) is 4.99 Å². The first-order valence-electron chi connectivity index (χ1n) is 7.95. The second-order valence-electron chi connectivity index (χ2n) is 6.32. The zero-order chi connectivity index (χ0) is 15.4. The maximum Gasteiger partial charge on any atom is 0.107 e. The van der Waals surface area contributed by atoms with Crippen molar-refractivity contribution in [3.05, 3.63) is 29.3 Å². The minimum Gasteiger partial charge on any atom is -0.321 e. The van der Waals surface area contributed by atoms with Crippen molar-refractivity contribution in [2.24, 2.45) is 9.98 Å². The molecule has 0 radical (unpaired) electrons. The van der Waals surface area contributed by atoms with Crippen LogP contribution in [0.3, 0.4) is 0 Å². The summed E-state index contributed by atoms with van der Waals surface area (Å²) in [6.45, 7) is 13.0. The van der Waals surface area contributed by atoms with E-state index in [1.165, 1.54) is 11.1 Å². The van der Waals surface area contributed by atoms with Gasteiger partial charge in [-0.2, -0.15) is 0 Å². The van der Waals surface area contributed by atoms with Gasteiger partial charge in [-0.3, -0.25) is 4.99 Å². The highest BCUT2D eigenvalue weighted by molar-refractivity contribution is 5.92. The molecule has 1 heterocycles. The Morgan fingerprint density at radius 2 is 1.76 bits per heavy atom. The number of rotatable bonds is 3. The summed E-state index contributed by atoms with van der Waals surface area (Å²) in [5.41, 5.74) is 3.81. The van der Waals surface area contributed by atoms with Crippen molar-refractivity contribution in [2.45, 2.75) is 52.9 Å². The first-order valence-corrected chi connectivity index (χ1v) is 7.95. The van der Waals surface area contributed by atoms with Crippen LogP contribution >= 0.6 is 0 Å².